The lowest BCUT2D eigenvalue weighted by Crippen LogP contribution is -2.41. The van der Waals surface area contributed by atoms with Crippen molar-refractivity contribution >= 4 is 17.2 Å². The van der Waals surface area contributed by atoms with Crippen LogP contribution >= 0.6 is 11.3 Å². The van der Waals surface area contributed by atoms with Gasteiger partial charge in [-0.05, 0) is 37.8 Å². The van der Waals surface area contributed by atoms with E-state index < -0.39 is 0 Å². The van der Waals surface area contributed by atoms with Gasteiger partial charge in [0.05, 0.1) is 18.2 Å². The molecule has 1 N–H and O–H groups in total. The first-order valence-electron chi connectivity index (χ1n) is 7.13. The number of aromatic nitrogens is 1. The van der Waals surface area contributed by atoms with Crippen molar-refractivity contribution in [2.24, 2.45) is 5.41 Å². The summed E-state index contributed by atoms with van der Waals surface area (Å²) in [6.45, 7) is 3.57. The first-order chi connectivity index (χ1) is 9.74. The Kier molecular flexibility index (Phi) is 4.05. The minimum atomic E-state index is 0.0590. The minimum Gasteiger partial charge on any atom is -0.383 e. The summed E-state index contributed by atoms with van der Waals surface area (Å²) in [5.41, 5.74) is 2.57. The molecule has 0 unspecified atom stereocenters. The van der Waals surface area contributed by atoms with Crippen molar-refractivity contribution in [1.29, 1.82) is 0 Å². The molecule has 1 amide bonds. The third-order valence-corrected chi connectivity index (χ3v) is 5.14. The van der Waals surface area contributed by atoms with Gasteiger partial charge in [0.1, 0.15) is 5.69 Å². The van der Waals surface area contributed by atoms with Crippen molar-refractivity contribution in [2.45, 2.75) is 25.3 Å². The molecule has 3 rings (SSSR count). The van der Waals surface area contributed by atoms with Crippen LogP contribution in [0.15, 0.2) is 10.9 Å². The van der Waals surface area contributed by atoms with E-state index in [0.29, 0.717) is 12.3 Å². The number of ether oxygens (including phenoxy) is 1. The van der Waals surface area contributed by atoms with Gasteiger partial charge in [0.15, 0.2) is 0 Å². The van der Waals surface area contributed by atoms with Crippen molar-refractivity contribution < 1.29 is 9.53 Å². The zero-order chi connectivity index (χ0) is 14.0. The molecule has 6 heteroatoms. The molecule has 2 aliphatic rings. The van der Waals surface area contributed by atoms with E-state index in [4.69, 9.17) is 4.74 Å². The van der Waals surface area contributed by atoms with E-state index >= 15 is 0 Å². The van der Waals surface area contributed by atoms with Crippen LogP contribution in [0.25, 0.3) is 0 Å². The van der Waals surface area contributed by atoms with E-state index in [-0.39, 0.29) is 17.4 Å². The smallest absolute Gasteiger partial charge is 0.273 e. The first kappa shape index (κ1) is 14.0. The molecule has 0 aromatic carbocycles. The predicted molar refractivity (Wildman–Crippen MR) is 78.0 cm³/mol. The highest BCUT2D eigenvalue weighted by Gasteiger charge is 2.46. The molecule has 0 bridgehead atoms. The van der Waals surface area contributed by atoms with Gasteiger partial charge in [-0.1, -0.05) is 0 Å². The maximum Gasteiger partial charge on any atom is 0.273 e. The molecule has 110 valence electrons. The molecule has 2 fully saturated rings. The highest BCUT2D eigenvalue weighted by atomic mass is 32.1. The third kappa shape index (κ3) is 2.60. The number of hydrogen-bond donors (Lipinski definition) is 1. The topological polar surface area (TPSA) is 54.5 Å². The molecule has 0 aliphatic carbocycles. The van der Waals surface area contributed by atoms with Crippen LogP contribution in [-0.2, 0) is 4.74 Å². The first-order valence-corrected chi connectivity index (χ1v) is 8.07. The van der Waals surface area contributed by atoms with Gasteiger partial charge in [-0.15, -0.1) is 11.3 Å². The van der Waals surface area contributed by atoms with Crippen LogP contribution in [0, 0.1) is 5.41 Å². The van der Waals surface area contributed by atoms with Crippen LogP contribution < -0.4 is 5.32 Å². The normalized spacial score (nSPS) is 25.2. The van der Waals surface area contributed by atoms with E-state index in [1.165, 1.54) is 11.3 Å². The largest absolute Gasteiger partial charge is 0.383 e. The zero-order valence-electron chi connectivity index (χ0n) is 11.8. The number of hydrogen-bond acceptors (Lipinski definition) is 5. The Labute approximate surface area is 123 Å². The summed E-state index contributed by atoms with van der Waals surface area (Å²) in [4.78, 5) is 18.8. The second-order valence-corrected chi connectivity index (χ2v) is 6.59. The predicted octanol–water partition coefficient (Wildman–Crippen LogP) is 1.37. The highest BCUT2D eigenvalue weighted by Crippen LogP contribution is 2.42. The third-order valence-electron chi connectivity index (χ3n) is 4.55. The van der Waals surface area contributed by atoms with Crippen molar-refractivity contribution in [3.8, 4) is 0 Å². The van der Waals surface area contributed by atoms with Gasteiger partial charge < -0.3 is 15.0 Å². The number of amides is 1. The monoisotopic (exact) mass is 295 g/mol. The number of rotatable bonds is 3. The second kappa shape index (κ2) is 5.79. The summed E-state index contributed by atoms with van der Waals surface area (Å²) >= 11 is 1.47. The molecular formula is C14H21N3O2S. The minimum absolute atomic E-state index is 0.0590. The van der Waals surface area contributed by atoms with Crippen molar-refractivity contribution in [3.05, 3.63) is 16.6 Å². The number of piperidine rings is 1. The summed E-state index contributed by atoms with van der Waals surface area (Å²) in [5, 5.41) is 5.24. The summed E-state index contributed by atoms with van der Waals surface area (Å²) in [5.74, 6) is 0.0590. The van der Waals surface area contributed by atoms with Crippen LogP contribution in [0.4, 0.5) is 0 Å². The maximum atomic E-state index is 12.6. The van der Waals surface area contributed by atoms with Gasteiger partial charge in [-0.25, -0.2) is 4.98 Å². The average Bonchev–Trinajstić information content (AvgIpc) is 3.08. The van der Waals surface area contributed by atoms with Gasteiger partial charge in [-0.2, -0.15) is 0 Å². The van der Waals surface area contributed by atoms with E-state index in [1.54, 1.807) is 12.6 Å². The summed E-state index contributed by atoms with van der Waals surface area (Å²) in [6.07, 6.45) is 3.35. The Hall–Kier alpha value is -0.980. The lowest BCUT2D eigenvalue weighted by Gasteiger charge is -2.33. The molecule has 2 aliphatic heterocycles. The molecule has 2 saturated heterocycles. The van der Waals surface area contributed by atoms with Crippen LogP contribution in [0.1, 0.15) is 29.8 Å². The van der Waals surface area contributed by atoms with E-state index in [2.05, 4.69) is 10.3 Å². The average molecular weight is 295 g/mol. The van der Waals surface area contributed by atoms with Gasteiger partial charge in [0, 0.05) is 19.0 Å². The van der Waals surface area contributed by atoms with Crippen LogP contribution in [-0.4, -0.2) is 55.2 Å². The second-order valence-electron chi connectivity index (χ2n) is 5.87. The standard InChI is InChI=1S/C14H21N3O2S/c1-19-7-11-6-14(2-4-15-5-3-14)9-17(11)13(18)12-8-20-10-16-12/h8,10-11,15H,2-7,9H2,1H3/t11-/m1/s1. The maximum absolute atomic E-state index is 12.6. The number of likely N-dealkylation sites (tertiary alicyclic amines) is 1. The molecule has 3 heterocycles. The Balaban J connectivity index is 1.79. The summed E-state index contributed by atoms with van der Waals surface area (Å²) in [6, 6.07) is 0.187. The number of thiazole rings is 1. The fourth-order valence-corrected chi connectivity index (χ4v) is 4.05. The Bertz CT molecular complexity index is 457. The van der Waals surface area contributed by atoms with Crippen molar-refractivity contribution in [1.82, 2.24) is 15.2 Å². The highest BCUT2D eigenvalue weighted by molar-refractivity contribution is 7.07. The SMILES string of the molecule is COC[C@H]1CC2(CCNCC2)CN1C(=O)c1cscn1. The lowest BCUT2D eigenvalue weighted by atomic mass is 9.77. The molecule has 1 aromatic heterocycles. The number of nitrogens with one attached hydrogen (secondary N) is 1. The van der Waals surface area contributed by atoms with Gasteiger partial charge in [0.25, 0.3) is 5.91 Å². The molecule has 20 heavy (non-hydrogen) atoms. The quantitative estimate of drug-likeness (QED) is 0.915. The van der Waals surface area contributed by atoms with Crippen LogP contribution in [0.2, 0.25) is 0 Å². The Morgan fingerprint density at radius 3 is 3.05 bits per heavy atom. The molecular weight excluding hydrogens is 274 g/mol. The number of nitrogens with zero attached hydrogens (tertiary/aromatic N) is 2. The van der Waals surface area contributed by atoms with E-state index in [9.17, 15) is 4.79 Å². The molecule has 1 spiro atoms. The van der Waals surface area contributed by atoms with Crippen LogP contribution in [0.3, 0.4) is 0 Å². The number of carbonyl (C=O) groups excluding carboxylic acids is 1. The van der Waals surface area contributed by atoms with Gasteiger partial charge >= 0.3 is 0 Å². The molecule has 5 nitrogen and oxygen atoms in total. The number of methoxy groups -OCH3 is 1. The van der Waals surface area contributed by atoms with Gasteiger partial charge in [0.2, 0.25) is 0 Å². The zero-order valence-corrected chi connectivity index (χ0v) is 12.6. The fourth-order valence-electron chi connectivity index (χ4n) is 3.53. The molecule has 1 atom stereocenters. The summed E-state index contributed by atoms with van der Waals surface area (Å²) < 4.78 is 5.33. The van der Waals surface area contributed by atoms with Crippen molar-refractivity contribution in [2.75, 3.05) is 33.4 Å². The van der Waals surface area contributed by atoms with E-state index in [0.717, 1.165) is 38.9 Å². The van der Waals surface area contributed by atoms with Crippen LogP contribution in [0.5, 0.6) is 0 Å². The fraction of sp³-hybridized carbons (Fsp3) is 0.714. The Morgan fingerprint density at radius 1 is 1.60 bits per heavy atom. The molecule has 0 saturated carbocycles. The lowest BCUT2D eigenvalue weighted by molar-refractivity contribution is 0.0616. The van der Waals surface area contributed by atoms with Gasteiger partial charge in [-0.3, -0.25) is 4.79 Å². The Morgan fingerprint density at radius 2 is 2.40 bits per heavy atom. The van der Waals surface area contributed by atoms with E-state index in [1.807, 2.05) is 10.3 Å². The molecule has 1 aromatic rings. The number of carbonyl (C=O) groups is 1. The molecule has 0 radical (unpaired) electrons. The van der Waals surface area contributed by atoms with Crippen molar-refractivity contribution in [3.63, 3.8) is 0 Å². The summed E-state index contributed by atoms with van der Waals surface area (Å²) in [7, 11) is 1.71.